The van der Waals surface area contributed by atoms with Crippen molar-refractivity contribution in [2.45, 2.75) is 26.7 Å². The van der Waals surface area contributed by atoms with E-state index >= 15 is 0 Å². The average Bonchev–Trinajstić information content (AvgIpc) is 2.06. The maximum absolute atomic E-state index is 11.0. The van der Waals surface area contributed by atoms with Crippen LogP contribution < -0.4 is 0 Å². The van der Waals surface area contributed by atoms with Gasteiger partial charge in [0.05, 0.1) is 0 Å². The Morgan fingerprint density at radius 1 is 1.42 bits per heavy atom. The van der Waals surface area contributed by atoms with Gasteiger partial charge >= 0.3 is 11.9 Å². The summed E-state index contributed by atoms with van der Waals surface area (Å²) in [6.07, 6.45) is 0.342. The molecule has 0 aromatic rings. The Hall–Kier alpha value is -0.770. The maximum atomic E-state index is 11.0. The summed E-state index contributed by atoms with van der Waals surface area (Å²) in [7, 11) is 0. The molecule has 0 rings (SSSR count). The van der Waals surface area contributed by atoms with Gasteiger partial charge in [-0.1, -0.05) is 13.8 Å². The van der Waals surface area contributed by atoms with E-state index in [-0.39, 0.29) is 12.8 Å². The average molecular weight is 195 g/mol. The predicted molar refractivity (Wildman–Crippen MR) is 42.6 cm³/mol. The van der Waals surface area contributed by atoms with Crippen molar-refractivity contribution < 1.29 is 19.0 Å². The molecule has 0 atom stereocenters. The van der Waals surface area contributed by atoms with Gasteiger partial charge in [-0.15, -0.1) is 0 Å². The molecule has 0 fully saturated rings. The lowest BCUT2D eigenvalue weighted by Gasteiger charge is -2.21. The molecule has 0 aromatic carbocycles. The van der Waals surface area contributed by atoms with Gasteiger partial charge in [-0.2, -0.15) is 0 Å². The lowest BCUT2D eigenvalue weighted by molar-refractivity contribution is -0.163. The second-order valence-electron chi connectivity index (χ2n) is 2.46. The Kier molecular flexibility index (Phi) is 4.03. The van der Waals surface area contributed by atoms with Crippen molar-refractivity contribution in [1.82, 2.24) is 0 Å². The first-order valence-corrected chi connectivity index (χ1v) is 3.92. The van der Waals surface area contributed by atoms with Crippen LogP contribution in [0.1, 0.15) is 26.7 Å². The molecule has 0 saturated carbocycles. The summed E-state index contributed by atoms with van der Waals surface area (Å²) in [6.45, 7) is 3.21. The molecule has 12 heavy (non-hydrogen) atoms. The van der Waals surface area contributed by atoms with E-state index in [2.05, 4.69) is 4.29 Å². The van der Waals surface area contributed by atoms with Crippen LogP contribution in [-0.4, -0.2) is 17.0 Å². The van der Waals surface area contributed by atoms with E-state index in [1.54, 1.807) is 13.8 Å². The van der Waals surface area contributed by atoms with Gasteiger partial charge in [0.2, 0.25) is 0 Å². The Labute approximate surface area is 75.6 Å². The molecule has 0 aliphatic heterocycles. The van der Waals surface area contributed by atoms with Crippen molar-refractivity contribution in [2.75, 3.05) is 0 Å². The summed E-state index contributed by atoms with van der Waals surface area (Å²) < 4.78 is 3.91. The summed E-state index contributed by atoms with van der Waals surface area (Å²) >= 11 is 4.82. The first kappa shape index (κ1) is 11.2. The molecule has 70 valence electrons. The van der Waals surface area contributed by atoms with E-state index in [1.165, 1.54) is 0 Å². The van der Waals surface area contributed by atoms with Crippen LogP contribution in [0.4, 0.5) is 0 Å². The Morgan fingerprint density at radius 3 is 1.92 bits per heavy atom. The van der Waals surface area contributed by atoms with E-state index in [0.29, 0.717) is 0 Å². The van der Waals surface area contributed by atoms with Gasteiger partial charge in [-0.25, -0.2) is 4.79 Å². The largest absolute Gasteiger partial charge is 0.480 e. The minimum atomic E-state index is -1.48. The van der Waals surface area contributed by atoms with Gasteiger partial charge in [0, 0.05) is 0 Å². The maximum Gasteiger partial charge on any atom is 0.341 e. The van der Waals surface area contributed by atoms with Crippen LogP contribution in [-0.2, 0) is 13.9 Å². The van der Waals surface area contributed by atoms with Crippen molar-refractivity contribution in [2.24, 2.45) is 5.41 Å². The number of rotatable bonds is 4. The van der Waals surface area contributed by atoms with Gasteiger partial charge in [0.15, 0.2) is 5.41 Å². The number of aliphatic carboxylic acids is 1. The first-order chi connectivity index (χ1) is 5.55. The molecule has 0 aromatic heterocycles. The van der Waals surface area contributed by atoms with Crippen molar-refractivity contribution in [1.29, 1.82) is 0 Å². The molecule has 0 bridgehead atoms. The monoisotopic (exact) mass is 194 g/mol. The summed E-state index contributed by atoms with van der Waals surface area (Å²) in [4.78, 5) is 21.7. The number of carboxylic acids is 1. The van der Waals surface area contributed by atoms with Crippen LogP contribution in [0, 0.1) is 5.41 Å². The number of carboxylic acid groups (broad SMARTS) is 1. The van der Waals surface area contributed by atoms with Crippen LogP contribution in [0.5, 0.6) is 0 Å². The minimum absolute atomic E-state index is 0.171. The molecule has 0 unspecified atom stereocenters. The Morgan fingerprint density at radius 2 is 1.83 bits per heavy atom. The van der Waals surface area contributed by atoms with Gasteiger partial charge in [-0.05, 0) is 12.8 Å². The van der Waals surface area contributed by atoms with E-state index < -0.39 is 17.4 Å². The fraction of sp³-hybridized carbons (Fsp3) is 0.714. The molecule has 0 amide bonds. The van der Waals surface area contributed by atoms with E-state index in [1.807, 2.05) is 0 Å². The highest BCUT2D eigenvalue weighted by atomic mass is 35.5. The second-order valence-corrected chi connectivity index (χ2v) is 2.61. The molecule has 1 N–H and O–H groups in total. The standard InChI is InChI=1S/C7H11ClO4/c1-3-7(4-2,5(9)10)6(11)12-8/h3-4H2,1-2H3,(H,9,10). The number of halogens is 1. The minimum Gasteiger partial charge on any atom is -0.480 e. The lowest BCUT2D eigenvalue weighted by atomic mass is 9.83. The van der Waals surface area contributed by atoms with Crippen LogP contribution in [0.15, 0.2) is 0 Å². The fourth-order valence-corrected chi connectivity index (χ4v) is 1.15. The van der Waals surface area contributed by atoms with Crippen LogP contribution in [0.2, 0.25) is 0 Å². The first-order valence-electron chi connectivity index (χ1n) is 3.61. The van der Waals surface area contributed by atoms with Crippen molar-refractivity contribution in [3.8, 4) is 0 Å². The number of hydrogen-bond acceptors (Lipinski definition) is 3. The highest BCUT2D eigenvalue weighted by molar-refractivity contribution is 6.16. The summed E-state index contributed by atoms with van der Waals surface area (Å²) in [5.41, 5.74) is -1.48. The molecule has 0 heterocycles. The zero-order valence-electron chi connectivity index (χ0n) is 6.96. The van der Waals surface area contributed by atoms with E-state index in [0.717, 1.165) is 0 Å². The van der Waals surface area contributed by atoms with Crippen LogP contribution in [0.25, 0.3) is 0 Å². The molecule has 0 spiro atoms. The van der Waals surface area contributed by atoms with Gasteiger partial charge in [0.1, 0.15) is 11.9 Å². The second kappa shape index (κ2) is 4.30. The number of carbonyl (C=O) groups excluding carboxylic acids is 1. The third-order valence-corrected chi connectivity index (χ3v) is 2.22. The van der Waals surface area contributed by atoms with Crippen molar-refractivity contribution >= 4 is 23.8 Å². The van der Waals surface area contributed by atoms with Crippen LogP contribution in [0.3, 0.4) is 0 Å². The number of hydrogen-bond donors (Lipinski definition) is 1. The topological polar surface area (TPSA) is 63.6 Å². The normalized spacial score (nSPS) is 10.9. The highest BCUT2D eigenvalue weighted by Gasteiger charge is 2.44. The van der Waals surface area contributed by atoms with Gasteiger partial charge in [-0.3, -0.25) is 4.79 Å². The Balaban J connectivity index is 4.82. The SMILES string of the molecule is CCC(CC)(C(=O)O)C(=O)OCl. The fourth-order valence-electron chi connectivity index (χ4n) is 1.00. The summed E-state index contributed by atoms with van der Waals surface area (Å²) in [5, 5.41) is 8.77. The van der Waals surface area contributed by atoms with E-state index in [9.17, 15) is 9.59 Å². The summed E-state index contributed by atoms with van der Waals surface area (Å²) in [5.74, 6) is -2.10. The zero-order valence-corrected chi connectivity index (χ0v) is 7.72. The third kappa shape index (κ3) is 1.69. The third-order valence-electron chi connectivity index (χ3n) is 2.08. The molecule has 0 aliphatic carbocycles. The van der Waals surface area contributed by atoms with Crippen molar-refractivity contribution in [3.05, 3.63) is 0 Å². The molecule has 0 radical (unpaired) electrons. The van der Waals surface area contributed by atoms with Gasteiger partial charge < -0.3 is 9.40 Å². The Bertz CT molecular complexity index is 186. The summed E-state index contributed by atoms with van der Waals surface area (Å²) in [6, 6.07) is 0. The van der Waals surface area contributed by atoms with E-state index in [4.69, 9.17) is 17.0 Å². The highest BCUT2D eigenvalue weighted by Crippen LogP contribution is 2.28. The van der Waals surface area contributed by atoms with Crippen LogP contribution >= 0.6 is 11.9 Å². The smallest absolute Gasteiger partial charge is 0.341 e. The molecule has 4 nitrogen and oxygen atoms in total. The quantitative estimate of drug-likeness (QED) is 0.690. The predicted octanol–water partition coefficient (Wildman–Crippen LogP) is 1.57. The van der Waals surface area contributed by atoms with Crippen molar-refractivity contribution in [3.63, 3.8) is 0 Å². The van der Waals surface area contributed by atoms with Gasteiger partial charge in [0.25, 0.3) is 0 Å². The zero-order chi connectivity index (χ0) is 9.78. The molecular weight excluding hydrogens is 184 g/mol. The molecule has 0 saturated heterocycles. The molecule has 0 aliphatic rings. The number of carbonyl (C=O) groups is 2. The molecule has 5 heteroatoms. The lowest BCUT2D eigenvalue weighted by Crippen LogP contribution is -2.38. The molecular formula is C7H11ClO4.